The van der Waals surface area contributed by atoms with Gasteiger partial charge in [0.05, 0.1) is 19.6 Å². The van der Waals surface area contributed by atoms with E-state index in [1.165, 1.54) is 0 Å². The molecule has 5 nitrogen and oxygen atoms in total. The monoisotopic (exact) mass is 340 g/mol. The molecule has 1 fully saturated rings. The summed E-state index contributed by atoms with van der Waals surface area (Å²) in [6.45, 7) is 1.69. The predicted molar refractivity (Wildman–Crippen MR) is 99.2 cm³/mol. The van der Waals surface area contributed by atoms with Crippen LogP contribution in [0.1, 0.15) is 18.4 Å². The molecule has 0 aliphatic carbocycles. The Morgan fingerprint density at radius 3 is 2.48 bits per heavy atom. The number of methoxy groups -OCH3 is 1. The lowest BCUT2D eigenvalue weighted by Crippen LogP contribution is -2.18. The van der Waals surface area contributed by atoms with E-state index in [2.05, 4.69) is 10.6 Å². The summed E-state index contributed by atoms with van der Waals surface area (Å²) in [5, 5.41) is 6.29. The molecule has 2 aromatic carbocycles. The van der Waals surface area contributed by atoms with Crippen LogP contribution in [0.15, 0.2) is 48.5 Å². The Morgan fingerprint density at radius 1 is 1.12 bits per heavy atom. The van der Waals surface area contributed by atoms with Gasteiger partial charge in [-0.1, -0.05) is 12.1 Å². The number of nitrogens with one attached hydrogen (secondary N) is 2. The standard InChI is InChI=1S/C20H24N2O3/c1-24-18-10-4-15(5-11-18)13-20(23)22-17-8-6-16(7-9-17)21-14-19-3-2-12-25-19/h4-11,19,21H,2-3,12-14H2,1H3,(H,22,23). The van der Waals surface area contributed by atoms with E-state index >= 15 is 0 Å². The maximum atomic E-state index is 12.1. The smallest absolute Gasteiger partial charge is 0.228 e. The normalized spacial score (nSPS) is 16.4. The third-order valence-corrected chi connectivity index (χ3v) is 4.25. The first-order valence-electron chi connectivity index (χ1n) is 8.61. The lowest BCUT2D eigenvalue weighted by molar-refractivity contribution is -0.115. The van der Waals surface area contributed by atoms with Gasteiger partial charge >= 0.3 is 0 Å². The van der Waals surface area contributed by atoms with Crippen molar-refractivity contribution in [2.75, 3.05) is 30.9 Å². The molecule has 1 heterocycles. The number of carbonyl (C=O) groups excluding carboxylic acids is 1. The van der Waals surface area contributed by atoms with E-state index in [0.29, 0.717) is 12.5 Å². The minimum atomic E-state index is -0.0368. The van der Waals surface area contributed by atoms with E-state index < -0.39 is 0 Å². The number of ether oxygens (including phenoxy) is 2. The molecule has 132 valence electrons. The second-order valence-corrected chi connectivity index (χ2v) is 6.17. The van der Waals surface area contributed by atoms with E-state index in [9.17, 15) is 4.79 Å². The zero-order valence-electron chi connectivity index (χ0n) is 14.5. The van der Waals surface area contributed by atoms with Gasteiger partial charge in [-0.15, -0.1) is 0 Å². The maximum absolute atomic E-state index is 12.1. The van der Waals surface area contributed by atoms with Crippen molar-refractivity contribution in [1.82, 2.24) is 0 Å². The van der Waals surface area contributed by atoms with Crippen molar-refractivity contribution in [3.63, 3.8) is 0 Å². The molecule has 25 heavy (non-hydrogen) atoms. The SMILES string of the molecule is COc1ccc(CC(=O)Nc2ccc(NCC3CCCO3)cc2)cc1. The Kier molecular flexibility index (Phi) is 5.90. The van der Waals surface area contributed by atoms with Crippen LogP contribution < -0.4 is 15.4 Å². The minimum absolute atomic E-state index is 0.0368. The van der Waals surface area contributed by atoms with Gasteiger partial charge in [0.25, 0.3) is 0 Å². The van der Waals surface area contributed by atoms with Gasteiger partial charge in [0.1, 0.15) is 5.75 Å². The summed E-state index contributed by atoms with van der Waals surface area (Å²) in [5.74, 6) is 0.750. The number of rotatable bonds is 7. The summed E-state index contributed by atoms with van der Waals surface area (Å²) >= 11 is 0. The molecule has 2 N–H and O–H groups in total. The van der Waals surface area contributed by atoms with E-state index in [4.69, 9.17) is 9.47 Å². The number of amides is 1. The lowest BCUT2D eigenvalue weighted by Gasteiger charge is -2.12. The molecule has 1 unspecified atom stereocenters. The fraction of sp³-hybridized carbons (Fsp3) is 0.350. The van der Waals surface area contributed by atoms with Gasteiger partial charge in [-0.2, -0.15) is 0 Å². The topological polar surface area (TPSA) is 59.6 Å². The molecule has 1 aliphatic heterocycles. The molecule has 1 aliphatic rings. The first-order chi connectivity index (χ1) is 12.2. The number of hydrogen-bond donors (Lipinski definition) is 2. The lowest BCUT2D eigenvalue weighted by atomic mass is 10.1. The van der Waals surface area contributed by atoms with Crippen molar-refractivity contribution >= 4 is 17.3 Å². The summed E-state index contributed by atoms with van der Waals surface area (Å²) in [6, 6.07) is 15.3. The molecule has 0 spiro atoms. The summed E-state index contributed by atoms with van der Waals surface area (Å²) in [6.07, 6.45) is 2.91. The second-order valence-electron chi connectivity index (χ2n) is 6.17. The first kappa shape index (κ1) is 17.3. The number of carbonyl (C=O) groups is 1. The Balaban J connectivity index is 1.47. The van der Waals surface area contributed by atoms with Crippen LogP contribution in [-0.4, -0.2) is 32.3 Å². The molecular weight excluding hydrogens is 316 g/mol. The minimum Gasteiger partial charge on any atom is -0.497 e. The Morgan fingerprint density at radius 2 is 1.84 bits per heavy atom. The quantitative estimate of drug-likeness (QED) is 0.810. The Labute approximate surface area is 148 Å². The zero-order valence-corrected chi connectivity index (χ0v) is 14.5. The molecule has 1 saturated heterocycles. The third kappa shape index (κ3) is 5.22. The molecule has 0 radical (unpaired) electrons. The van der Waals surface area contributed by atoms with Crippen LogP contribution in [-0.2, 0) is 16.0 Å². The Hall–Kier alpha value is -2.53. The fourth-order valence-electron chi connectivity index (χ4n) is 2.84. The average molecular weight is 340 g/mol. The van der Waals surface area contributed by atoms with Gasteiger partial charge in [-0.05, 0) is 54.8 Å². The van der Waals surface area contributed by atoms with Crippen LogP contribution in [0.25, 0.3) is 0 Å². The summed E-state index contributed by atoms with van der Waals surface area (Å²) in [4.78, 5) is 12.1. The molecule has 1 atom stereocenters. The van der Waals surface area contributed by atoms with Gasteiger partial charge in [0, 0.05) is 24.5 Å². The second kappa shape index (κ2) is 8.53. The summed E-state index contributed by atoms with van der Waals surface area (Å²) in [7, 11) is 1.63. The van der Waals surface area contributed by atoms with E-state index in [-0.39, 0.29) is 5.91 Å². The van der Waals surface area contributed by atoms with Gasteiger partial charge in [-0.25, -0.2) is 0 Å². The fourth-order valence-corrected chi connectivity index (χ4v) is 2.84. The average Bonchev–Trinajstić information content (AvgIpc) is 3.15. The number of anilines is 2. The summed E-state index contributed by atoms with van der Waals surface area (Å²) in [5.41, 5.74) is 2.78. The Bertz CT molecular complexity index is 677. The van der Waals surface area contributed by atoms with Crippen LogP contribution in [0, 0.1) is 0 Å². The number of hydrogen-bond acceptors (Lipinski definition) is 4. The van der Waals surface area contributed by atoms with Crippen molar-refractivity contribution in [2.24, 2.45) is 0 Å². The summed E-state index contributed by atoms with van der Waals surface area (Å²) < 4.78 is 10.7. The van der Waals surface area contributed by atoms with Crippen molar-refractivity contribution in [1.29, 1.82) is 0 Å². The highest BCUT2D eigenvalue weighted by Crippen LogP contribution is 2.17. The van der Waals surface area contributed by atoms with E-state index in [1.807, 2.05) is 48.5 Å². The molecule has 0 aromatic heterocycles. The van der Waals surface area contributed by atoms with Crippen molar-refractivity contribution in [3.05, 3.63) is 54.1 Å². The highest BCUT2D eigenvalue weighted by Gasteiger charge is 2.14. The first-order valence-corrected chi connectivity index (χ1v) is 8.61. The van der Waals surface area contributed by atoms with E-state index in [0.717, 1.165) is 48.7 Å². The van der Waals surface area contributed by atoms with Crippen LogP contribution in [0.5, 0.6) is 5.75 Å². The molecule has 1 amide bonds. The molecular formula is C20H24N2O3. The maximum Gasteiger partial charge on any atom is 0.228 e. The highest BCUT2D eigenvalue weighted by atomic mass is 16.5. The molecule has 0 saturated carbocycles. The van der Waals surface area contributed by atoms with Crippen molar-refractivity contribution in [3.8, 4) is 5.75 Å². The molecule has 0 bridgehead atoms. The largest absolute Gasteiger partial charge is 0.497 e. The third-order valence-electron chi connectivity index (χ3n) is 4.25. The van der Waals surface area contributed by atoms with Crippen LogP contribution in [0.4, 0.5) is 11.4 Å². The molecule has 3 rings (SSSR count). The van der Waals surface area contributed by atoms with E-state index in [1.54, 1.807) is 7.11 Å². The van der Waals surface area contributed by atoms with Gasteiger partial charge in [0.15, 0.2) is 0 Å². The number of benzene rings is 2. The molecule has 2 aromatic rings. The van der Waals surface area contributed by atoms with Gasteiger partial charge in [-0.3, -0.25) is 4.79 Å². The zero-order chi connectivity index (χ0) is 17.5. The van der Waals surface area contributed by atoms with Crippen LogP contribution >= 0.6 is 0 Å². The van der Waals surface area contributed by atoms with Gasteiger partial charge < -0.3 is 20.1 Å². The van der Waals surface area contributed by atoms with Crippen LogP contribution in [0.2, 0.25) is 0 Å². The van der Waals surface area contributed by atoms with Gasteiger partial charge in [0.2, 0.25) is 5.91 Å². The predicted octanol–water partition coefficient (Wildman–Crippen LogP) is 3.47. The highest BCUT2D eigenvalue weighted by molar-refractivity contribution is 5.92. The molecule has 5 heteroatoms. The van der Waals surface area contributed by atoms with Crippen molar-refractivity contribution in [2.45, 2.75) is 25.4 Å². The van der Waals surface area contributed by atoms with Crippen molar-refractivity contribution < 1.29 is 14.3 Å². The van der Waals surface area contributed by atoms with Crippen LogP contribution in [0.3, 0.4) is 0 Å².